The van der Waals surface area contributed by atoms with E-state index in [2.05, 4.69) is 20.4 Å². The Hall–Kier alpha value is -3.61. The molecule has 0 aliphatic rings. The van der Waals surface area contributed by atoms with Crippen molar-refractivity contribution in [3.63, 3.8) is 0 Å². The molecule has 3 aromatic rings. The Bertz CT molecular complexity index is 1060. The lowest BCUT2D eigenvalue weighted by Gasteiger charge is -2.18. The van der Waals surface area contributed by atoms with Crippen LogP contribution >= 0.6 is 0 Å². The first-order valence-corrected chi connectivity index (χ1v) is 9.85. The highest BCUT2D eigenvalue weighted by Crippen LogP contribution is 2.23. The Morgan fingerprint density at radius 1 is 1.13 bits per heavy atom. The van der Waals surface area contributed by atoms with Crippen LogP contribution in [0.25, 0.3) is 10.9 Å². The third-order valence-electron chi connectivity index (χ3n) is 4.99. The van der Waals surface area contributed by atoms with Gasteiger partial charge in [0.25, 0.3) is 0 Å². The van der Waals surface area contributed by atoms with E-state index >= 15 is 0 Å². The molecule has 0 aliphatic carbocycles. The van der Waals surface area contributed by atoms with Crippen LogP contribution in [0.5, 0.6) is 0 Å². The van der Waals surface area contributed by atoms with Gasteiger partial charge in [0.2, 0.25) is 5.91 Å². The number of para-hydroxylation sites is 1. The molecule has 7 heteroatoms. The van der Waals surface area contributed by atoms with Crippen LogP contribution < -0.4 is 10.7 Å². The maximum atomic E-state index is 12.5. The van der Waals surface area contributed by atoms with Crippen LogP contribution in [0.15, 0.2) is 59.7 Å². The largest absolute Gasteiger partial charge is 0.450 e. The first-order valence-electron chi connectivity index (χ1n) is 9.85. The first kappa shape index (κ1) is 21.1. The van der Waals surface area contributed by atoms with Gasteiger partial charge in [0.15, 0.2) is 0 Å². The monoisotopic (exact) mass is 406 g/mol. The van der Waals surface area contributed by atoms with E-state index in [0.717, 1.165) is 27.7 Å². The quantitative estimate of drug-likeness (QED) is 0.462. The van der Waals surface area contributed by atoms with Crippen molar-refractivity contribution in [3.8, 4) is 0 Å². The summed E-state index contributed by atoms with van der Waals surface area (Å²) in [5, 5.41) is 7.95. The fourth-order valence-electron chi connectivity index (χ4n) is 3.37. The van der Waals surface area contributed by atoms with Crippen molar-refractivity contribution < 1.29 is 14.3 Å². The molecule has 0 saturated carbocycles. The van der Waals surface area contributed by atoms with Crippen molar-refractivity contribution in [2.24, 2.45) is 12.1 Å². The molecule has 0 fully saturated rings. The Morgan fingerprint density at radius 3 is 2.57 bits per heavy atom. The van der Waals surface area contributed by atoms with Gasteiger partial charge in [-0.15, -0.1) is 0 Å². The summed E-state index contributed by atoms with van der Waals surface area (Å²) in [6.45, 7) is 4.00. The van der Waals surface area contributed by atoms with Crippen LogP contribution in [-0.4, -0.2) is 29.4 Å². The minimum Gasteiger partial charge on any atom is -0.450 e. The molecule has 0 unspecified atom stereocenters. The Balaban J connectivity index is 1.70. The average molecular weight is 406 g/mol. The number of fused-ring (bicyclic) bond motifs is 1. The summed E-state index contributed by atoms with van der Waals surface area (Å²) in [6, 6.07) is 16.8. The zero-order chi connectivity index (χ0) is 21.5. The number of hydrogen-bond donors (Lipinski definition) is 2. The molecule has 7 nitrogen and oxygen atoms in total. The Labute approximate surface area is 175 Å². The van der Waals surface area contributed by atoms with Crippen molar-refractivity contribution in [3.05, 3.63) is 71.4 Å². The maximum Gasteiger partial charge on any atom is 0.407 e. The minimum atomic E-state index is -0.561. The van der Waals surface area contributed by atoms with E-state index in [1.165, 1.54) is 0 Å². The number of amides is 2. The minimum absolute atomic E-state index is 0.0364. The fraction of sp³-hybridized carbons (Fsp3) is 0.261. The van der Waals surface area contributed by atoms with Gasteiger partial charge in [-0.2, -0.15) is 5.10 Å². The molecule has 1 heterocycles. The van der Waals surface area contributed by atoms with Crippen molar-refractivity contribution in [1.82, 2.24) is 15.3 Å². The second kappa shape index (κ2) is 9.73. The summed E-state index contributed by atoms with van der Waals surface area (Å²) in [7, 11) is 2.00. The maximum absolute atomic E-state index is 12.5. The normalized spacial score (nSPS) is 12.1. The number of ether oxygens (including phenoxy) is 1. The van der Waals surface area contributed by atoms with Crippen LogP contribution in [0.1, 0.15) is 36.2 Å². The van der Waals surface area contributed by atoms with Gasteiger partial charge in [-0.1, -0.05) is 48.5 Å². The topological polar surface area (TPSA) is 84.7 Å². The number of aryl methyl sites for hydroxylation is 1. The smallest absolute Gasteiger partial charge is 0.407 e. The van der Waals surface area contributed by atoms with E-state index in [9.17, 15) is 9.59 Å². The van der Waals surface area contributed by atoms with E-state index in [4.69, 9.17) is 4.74 Å². The highest BCUT2D eigenvalue weighted by Gasteiger charge is 2.19. The van der Waals surface area contributed by atoms with Gasteiger partial charge < -0.3 is 14.6 Å². The number of rotatable bonds is 7. The third-order valence-corrected chi connectivity index (χ3v) is 4.99. The zero-order valence-electron chi connectivity index (χ0n) is 17.4. The third kappa shape index (κ3) is 4.86. The molecule has 156 valence electrons. The summed E-state index contributed by atoms with van der Waals surface area (Å²) < 4.78 is 7.05. The number of carbonyl (C=O) groups is 2. The fourth-order valence-corrected chi connectivity index (χ4v) is 3.37. The number of benzene rings is 2. The van der Waals surface area contributed by atoms with Crippen molar-refractivity contribution in [2.75, 3.05) is 6.61 Å². The van der Waals surface area contributed by atoms with Crippen molar-refractivity contribution in [2.45, 2.75) is 26.3 Å². The molecule has 2 aromatic carbocycles. The first-order chi connectivity index (χ1) is 14.5. The van der Waals surface area contributed by atoms with Gasteiger partial charge in [0.05, 0.1) is 25.3 Å². The highest BCUT2D eigenvalue weighted by molar-refractivity contribution is 6.01. The summed E-state index contributed by atoms with van der Waals surface area (Å²) in [5.41, 5.74) is 6.50. The predicted octanol–water partition coefficient (Wildman–Crippen LogP) is 3.81. The second-order valence-electron chi connectivity index (χ2n) is 6.90. The van der Waals surface area contributed by atoms with E-state index in [1.54, 1.807) is 13.1 Å². The molecule has 0 radical (unpaired) electrons. The van der Waals surface area contributed by atoms with E-state index in [1.807, 2.05) is 68.6 Å². The van der Waals surface area contributed by atoms with Gasteiger partial charge in [0, 0.05) is 29.2 Å². The second-order valence-corrected chi connectivity index (χ2v) is 6.90. The van der Waals surface area contributed by atoms with Crippen molar-refractivity contribution in [1.29, 1.82) is 0 Å². The van der Waals surface area contributed by atoms with Crippen LogP contribution in [0, 0.1) is 6.92 Å². The average Bonchev–Trinajstić information content (AvgIpc) is 2.99. The highest BCUT2D eigenvalue weighted by atomic mass is 16.5. The van der Waals surface area contributed by atoms with Gasteiger partial charge in [0.1, 0.15) is 0 Å². The molecule has 3 rings (SSSR count). The summed E-state index contributed by atoms with van der Waals surface area (Å²) in [6.07, 6.45) is 1.13. The van der Waals surface area contributed by atoms with Crippen LogP contribution in [-0.2, 0) is 16.6 Å². The lowest BCUT2D eigenvalue weighted by molar-refractivity contribution is -0.121. The molecular formula is C23H26N4O3. The van der Waals surface area contributed by atoms with E-state index in [-0.39, 0.29) is 18.9 Å². The predicted molar refractivity (Wildman–Crippen MR) is 117 cm³/mol. The van der Waals surface area contributed by atoms with Crippen LogP contribution in [0.2, 0.25) is 0 Å². The number of alkyl carbamates (subject to hydrolysis) is 1. The molecule has 0 saturated heterocycles. The molecule has 1 aromatic heterocycles. The van der Waals surface area contributed by atoms with E-state index < -0.39 is 12.1 Å². The standard InChI is InChI=1S/C23H26N4O3/c1-4-30-23(29)25-20(17-10-6-5-7-11-17)14-22(28)26-24-15-19-16(2)27(3)21-13-9-8-12-18(19)21/h5-13,15,20H,4,14H2,1-3H3,(H,25,29)(H,26,28)/b24-15-/t20-/m1/s1. The Morgan fingerprint density at radius 2 is 1.83 bits per heavy atom. The summed E-state index contributed by atoms with van der Waals surface area (Å²) in [5.74, 6) is -0.310. The number of nitrogens with one attached hydrogen (secondary N) is 2. The number of nitrogens with zero attached hydrogens (tertiary/aromatic N) is 2. The summed E-state index contributed by atoms with van der Waals surface area (Å²) in [4.78, 5) is 24.4. The zero-order valence-corrected chi connectivity index (χ0v) is 17.4. The van der Waals surface area contributed by atoms with Crippen LogP contribution in [0.3, 0.4) is 0 Å². The molecule has 0 bridgehead atoms. The molecule has 2 amide bonds. The molecule has 2 N–H and O–H groups in total. The lowest BCUT2D eigenvalue weighted by Crippen LogP contribution is -2.33. The molecular weight excluding hydrogens is 380 g/mol. The SMILES string of the molecule is CCOC(=O)N[C@H](CC(=O)N/N=C\c1c(C)n(C)c2ccccc12)c1ccccc1. The van der Waals surface area contributed by atoms with Crippen molar-refractivity contribution >= 4 is 29.1 Å². The number of hydrazone groups is 1. The van der Waals surface area contributed by atoms with Gasteiger partial charge in [-0.3, -0.25) is 4.79 Å². The molecule has 0 aliphatic heterocycles. The van der Waals surface area contributed by atoms with Gasteiger partial charge in [-0.05, 0) is 25.5 Å². The lowest BCUT2D eigenvalue weighted by atomic mass is 10.0. The van der Waals surface area contributed by atoms with Gasteiger partial charge in [-0.25, -0.2) is 10.2 Å². The number of aromatic nitrogens is 1. The molecule has 1 atom stereocenters. The Kier molecular flexibility index (Phi) is 6.85. The number of hydrogen-bond acceptors (Lipinski definition) is 4. The van der Waals surface area contributed by atoms with E-state index in [0.29, 0.717) is 0 Å². The number of carbonyl (C=O) groups excluding carboxylic acids is 2. The van der Waals surface area contributed by atoms with Gasteiger partial charge >= 0.3 is 6.09 Å². The summed E-state index contributed by atoms with van der Waals surface area (Å²) >= 11 is 0. The van der Waals surface area contributed by atoms with Crippen LogP contribution in [0.4, 0.5) is 4.79 Å². The molecule has 30 heavy (non-hydrogen) atoms. The molecule has 0 spiro atoms.